The zero-order chi connectivity index (χ0) is 18.7. The predicted octanol–water partition coefficient (Wildman–Crippen LogP) is 3.07. The molecule has 2 aromatic carbocycles. The Balaban J connectivity index is 1.96. The van der Waals surface area contributed by atoms with Crippen molar-refractivity contribution in [2.45, 2.75) is 25.3 Å². The van der Waals surface area contributed by atoms with Crippen LogP contribution in [0.3, 0.4) is 0 Å². The zero-order valence-electron chi connectivity index (χ0n) is 13.8. The molecule has 1 aliphatic heterocycles. The van der Waals surface area contributed by atoms with Crippen LogP contribution in [0.5, 0.6) is 5.75 Å². The van der Waals surface area contributed by atoms with Gasteiger partial charge in [-0.2, -0.15) is 5.10 Å². The Hall–Kier alpha value is -3.22. The summed E-state index contributed by atoms with van der Waals surface area (Å²) in [6.07, 6.45) is -0.335. The first-order valence-electron chi connectivity index (χ1n) is 8.11. The van der Waals surface area contributed by atoms with Gasteiger partial charge in [0.1, 0.15) is 11.6 Å². The van der Waals surface area contributed by atoms with Gasteiger partial charge in [0.25, 0.3) is 0 Å². The third kappa shape index (κ3) is 3.56. The Morgan fingerprint density at radius 2 is 1.81 bits per heavy atom. The summed E-state index contributed by atoms with van der Waals surface area (Å²) in [5.41, 5.74) is 1.13. The first-order chi connectivity index (χ1) is 12.5. The average molecular weight is 356 g/mol. The number of hydrogen-bond acceptors (Lipinski definition) is 4. The van der Waals surface area contributed by atoms with Crippen LogP contribution in [0.2, 0.25) is 0 Å². The van der Waals surface area contributed by atoms with Crippen LogP contribution in [0.15, 0.2) is 53.6 Å². The summed E-state index contributed by atoms with van der Waals surface area (Å²) >= 11 is 0. The molecule has 0 aromatic heterocycles. The minimum absolute atomic E-state index is 0.00137. The minimum atomic E-state index is -1.09. The monoisotopic (exact) mass is 356 g/mol. The van der Waals surface area contributed by atoms with Gasteiger partial charge in [-0.1, -0.05) is 36.4 Å². The summed E-state index contributed by atoms with van der Waals surface area (Å²) in [6.45, 7) is 0. The largest absolute Gasteiger partial charge is 0.508 e. The molecule has 134 valence electrons. The number of amides is 1. The Kier molecular flexibility index (Phi) is 4.97. The molecule has 0 saturated carbocycles. The number of aliphatic carboxylic acids is 1. The van der Waals surface area contributed by atoms with Crippen LogP contribution >= 0.6 is 0 Å². The smallest absolute Gasteiger partial charge is 0.303 e. The molecule has 26 heavy (non-hydrogen) atoms. The normalized spacial score (nSPS) is 16.4. The maximum absolute atomic E-state index is 14.1. The molecule has 3 rings (SSSR count). The van der Waals surface area contributed by atoms with Gasteiger partial charge in [-0.3, -0.25) is 9.59 Å². The summed E-state index contributed by atoms with van der Waals surface area (Å²) < 4.78 is 14.1. The number of rotatable bonds is 5. The molecule has 0 unspecified atom stereocenters. The van der Waals surface area contributed by atoms with Gasteiger partial charge in [-0.05, 0) is 12.1 Å². The van der Waals surface area contributed by atoms with Crippen molar-refractivity contribution in [1.82, 2.24) is 5.01 Å². The first kappa shape index (κ1) is 17.6. The molecule has 0 fully saturated rings. The fourth-order valence-corrected chi connectivity index (χ4v) is 2.94. The molecule has 0 radical (unpaired) electrons. The molecule has 1 amide bonds. The van der Waals surface area contributed by atoms with E-state index in [1.807, 2.05) is 0 Å². The predicted molar refractivity (Wildman–Crippen MR) is 92.1 cm³/mol. The molecular formula is C19H17FN2O4. The number of hydrazone groups is 1. The highest BCUT2D eigenvalue weighted by atomic mass is 19.1. The lowest BCUT2D eigenvalue weighted by atomic mass is 9.97. The molecule has 2 N–H and O–H groups in total. The highest BCUT2D eigenvalue weighted by Gasteiger charge is 2.35. The second-order valence-corrected chi connectivity index (χ2v) is 5.94. The molecule has 6 nitrogen and oxygen atoms in total. The van der Waals surface area contributed by atoms with Crippen molar-refractivity contribution < 1.29 is 24.2 Å². The van der Waals surface area contributed by atoms with Crippen molar-refractivity contribution in [1.29, 1.82) is 0 Å². The topological polar surface area (TPSA) is 90.2 Å². The number of hydrogen-bond donors (Lipinski definition) is 2. The van der Waals surface area contributed by atoms with Crippen LogP contribution in [0.4, 0.5) is 4.39 Å². The van der Waals surface area contributed by atoms with Crippen molar-refractivity contribution in [3.63, 3.8) is 0 Å². The maximum Gasteiger partial charge on any atom is 0.303 e. The van der Waals surface area contributed by atoms with Gasteiger partial charge in [0, 0.05) is 24.0 Å². The number of benzene rings is 2. The van der Waals surface area contributed by atoms with Gasteiger partial charge in [-0.15, -0.1) is 0 Å². The summed E-state index contributed by atoms with van der Waals surface area (Å²) in [6, 6.07) is 12.0. The van der Waals surface area contributed by atoms with E-state index in [2.05, 4.69) is 5.10 Å². The van der Waals surface area contributed by atoms with Crippen LogP contribution < -0.4 is 0 Å². The standard InChI is InChI=1S/C19H17FN2O4/c20-14-7-3-1-5-12(14)15-11-16(13-6-2-4-8-17(13)23)22(21-15)18(24)9-10-19(25)26/h1-8,16,23H,9-11H2,(H,25,26)/t16-/m1/s1. The van der Waals surface area contributed by atoms with Crippen molar-refractivity contribution in [2.24, 2.45) is 5.10 Å². The van der Waals surface area contributed by atoms with Gasteiger partial charge >= 0.3 is 5.97 Å². The zero-order valence-corrected chi connectivity index (χ0v) is 13.8. The fourth-order valence-electron chi connectivity index (χ4n) is 2.94. The van der Waals surface area contributed by atoms with Crippen molar-refractivity contribution >= 4 is 17.6 Å². The molecule has 0 saturated heterocycles. The van der Waals surface area contributed by atoms with E-state index in [0.717, 1.165) is 5.01 Å². The molecule has 0 aliphatic carbocycles. The molecule has 2 aromatic rings. The number of phenols is 1. The number of para-hydroxylation sites is 1. The van der Waals surface area contributed by atoms with E-state index >= 15 is 0 Å². The highest BCUT2D eigenvalue weighted by molar-refractivity contribution is 6.03. The summed E-state index contributed by atoms with van der Waals surface area (Å²) in [4.78, 5) is 23.2. The van der Waals surface area contributed by atoms with Crippen LogP contribution in [0, 0.1) is 5.82 Å². The molecule has 1 heterocycles. The third-order valence-electron chi connectivity index (χ3n) is 4.20. The van der Waals surface area contributed by atoms with Gasteiger partial charge < -0.3 is 10.2 Å². The molecule has 0 spiro atoms. The Bertz CT molecular complexity index is 881. The fraction of sp³-hybridized carbons (Fsp3) is 0.211. The number of carbonyl (C=O) groups excluding carboxylic acids is 1. The number of carboxylic acid groups (broad SMARTS) is 1. The number of phenolic OH excluding ortho intramolecular Hbond substituents is 1. The first-order valence-corrected chi connectivity index (χ1v) is 8.11. The Morgan fingerprint density at radius 1 is 1.12 bits per heavy atom. The van der Waals surface area contributed by atoms with Crippen molar-refractivity contribution in [3.8, 4) is 5.75 Å². The van der Waals surface area contributed by atoms with Crippen molar-refractivity contribution in [2.75, 3.05) is 0 Å². The summed E-state index contributed by atoms with van der Waals surface area (Å²) in [5, 5.41) is 24.4. The highest BCUT2D eigenvalue weighted by Crippen LogP contribution is 2.37. The number of halogens is 1. The van der Waals surface area contributed by atoms with Gasteiger partial charge in [-0.25, -0.2) is 9.40 Å². The van der Waals surface area contributed by atoms with E-state index in [4.69, 9.17) is 5.11 Å². The lowest BCUT2D eigenvalue weighted by molar-refractivity contribution is -0.141. The molecule has 1 aliphatic rings. The van der Waals surface area contributed by atoms with Crippen molar-refractivity contribution in [3.05, 3.63) is 65.5 Å². The molecule has 7 heteroatoms. The van der Waals surface area contributed by atoms with E-state index in [-0.39, 0.29) is 30.6 Å². The van der Waals surface area contributed by atoms with E-state index in [1.165, 1.54) is 12.1 Å². The number of aromatic hydroxyl groups is 1. The lowest BCUT2D eigenvalue weighted by Gasteiger charge is -2.22. The van der Waals surface area contributed by atoms with E-state index < -0.39 is 23.7 Å². The number of carbonyl (C=O) groups is 2. The SMILES string of the molecule is O=C(O)CCC(=O)N1N=C(c2ccccc2F)C[C@@H]1c1ccccc1O. The van der Waals surface area contributed by atoms with E-state index in [1.54, 1.807) is 36.4 Å². The van der Waals surface area contributed by atoms with Crippen LogP contribution in [0.25, 0.3) is 0 Å². The van der Waals surface area contributed by atoms with E-state index in [9.17, 15) is 19.1 Å². The summed E-state index contributed by atoms with van der Waals surface area (Å²) in [7, 11) is 0. The Morgan fingerprint density at radius 3 is 2.50 bits per heavy atom. The second kappa shape index (κ2) is 7.35. The Labute approximate surface area is 149 Å². The molecular weight excluding hydrogens is 339 g/mol. The second-order valence-electron chi connectivity index (χ2n) is 5.94. The van der Waals surface area contributed by atoms with Gasteiger partial charge in [0.05, 0.1) is 18.2 Å². The third-order valence-corrected chi connectivity index (χ3v) is 4.20. The quantitative estimate of drug-likeness (QED) is 0.861. The minimum Gasteiger partial charge on any atom is -0.508 e. The number of nitrogens with zero attached hydrogens (tertiary/aromatic N) is 2. The lowest BCUT2D eigenvalue weighted by Crippen LogP contribution is -2.27. The van der Waals surface area contributed by atoms with E-state index in [0.29, 0.717) is 11.3 Å². The van der Waals surface area contributed by atoms with Crippen LogP contribution in [-0.4, -0.2) is 32.8 Å². The van der Waals surface area contributed by atoms with Gasteiger partial charge in [0.15, 0.2) is 0 Å². The van der Waals surface area contributed by atoms with Crippen LogP contribution in [0.1, 0.15) is 36.4 Å². The number of carboxylic acids is 1. The maximum atomic E-state index is 14.1. The van der Waals surface area contributed by atoms with Gasteiger partial charge in [0.2, 0.25) is 5.91 Å². The van der Waals surface area contributed by atoms with Crippen LogP contribution in [-0.2, 0) is 9.59 Å². The average Bonchev–Trinajstić information content (AvgIpc) is 3.05. The summed E-state index contributed by atoms with van der Waals surface area (Å²) in [5.74, 6) is -2.04. The molecule has 1 atom stereocenters. The molecule has 0 bridgehead atoms.